The van der Waals surface area contributed by atoms with Gasteiger partial charge in [0, 0.05) is 12.6 Å². The van der Waals surface area contributed by atoms with Gasteiger partial charge in [-0.2, -0.15) is 0 Å². The van der Waals surface area contributed by atoms with Gasteiger partial charge in [0.2, 0.25) is 5.91 Å². The first-order chi connectivity index (χ1) is 9.76. The van der Waals surface area contributed by atoms with Gasteiger partial charge in [0.15, 0.2) is 11.5 Å². The van der Waals surface area contributed by atoms with E-state index in [2.05, 4.69) is 5.32 Å². The highest BCUT2D eigenvalue weighted by molar-refractivity contribution is 6.00. The summed E-state index contributed by atoms with van der Waals surface area (Å²) in [5.74, 6) is 1.49. The van der Waals surface area contributed by atoms with Crippen LogP contribution >= 0.6 is 0 Å². The lowest BCUT2D eigenvalue weighted by molar-refractivity contribution is -0.115. The third-order valence-electron chi connectivity index (χ3n) is 3.89. The van der Waals surface area contributed by atoms with Crippen molar-refractivity contribution in [1.82, 2.24) is 5.32 Å². The molecule has 0 unspecified atom stereocenters. The molecule has 1 aromatic rings. The smallest absolute Gasteiger partial charge is 0.244 e. The topological polar surface area (TPSA) is 47.6 Å². The van der Waals surface area contributed by atoms with Crippen LogP contribution in [0.25, 0.3) is 5.57 Å². The molecule has 0 spiro atoms. The van der Waals surface area contributed by atoms with Crippen LogP contribution in [0.4, 0.5) is 0 Å². The highest BCUT2D eigenvalue weighted by atomic mass is 16.5. The van der Waals surface area contributed by atoms with E-state index in [1.807, 2.05) is 18.2 Å². The van der Waals surface area contributed by atoms with Crippen molar-refractivity contribution >= 4 is 11.5 Å². The summed E-state index contributed by atoms with van der Waals surface area (Å²) < 4.78 is 11.4. The van der Waals surface area contributed by atoms with Crippen LogP contribution in [0, 0.1) is 0 Å². The van der Waals surface area contributed by atoms with Gasteiger partial charge < -0.3 is 14.8 Å². The Labute approximate surface area is 118 Å². The molecule has 1 aromatic carbocycles. The molecule has 1 heterocycles. The van der Waals surface area contributed by atoms with Crippen molar-refractivity contribution in [3.8, 4) is 11.5 Å². The van der Waals surface area contributed by atoms with Crippen LogP contribution < -0.4 is 14.8 Å². The Balaban J connectivity index is 1.86. The van der Waals surface area contributed by atoms with Gasteiger partial charge in [-0.05, 0) is 49.0 Å². The molecule has 106 valence electrons. The molecular weight excluding hydrogens is 254 g/mol. The lowest BCUT2D eigenvalue weighted by Gasteiger charge is -2.17. The first-order valence-electron chi connectivity index (χ1n) is 7.10. The Morgan fingerprint density at radius 2 is 2.00 bits per heavy atom. The molecule has 4 heteroatoms. The number of hydrogen-bond acceptors (Lipinski definition) is 3. The summed E-state index contributed by atoms with van der Waals surface area (Å²) in [5, 5.41) is 2.79. The van der Waals surface area contributed by atoms with Gasteiger partial charge in [0.25, 0.3) is 0 Å². The molecule has 1 fully saturated rings. The fourth-order valence-electron chi connectivity index (χ4n) is 2.78. The maximum absolute atomic E-state index is 11.3. The van der Waals surface area contributed by atoms with Crippen LogP contribution in [0.5, 0.6) is 11.5 Å². The maximum Gasteiger partial charge on any atom is 0.244 e. The number of carbonyl (C=O) groups excluding carboxylic acids is 1. The zero-order valence-electron chi connectivity index (χ0n) is 11.6. The van der Waals surface area contributed by atoms with Crippen LogP contribution in [0.2, 0.25) is 0 Å². The number of benzene rings is 1. The molecule has 1 amide bonds. The van der Waals surface area contributed by atoms with E-state index >= 15 is 0 Å². The Hall–Kier alpha value is -1.97. The molecule has 0 atom stereocenters. The Bertz CT molecular complexity index is 545. The Morgan fingerprint density at radius 3 is 2.65 bits per heavy atom. The minimum Gasteiger partial charge on any atom is -0.493 e. The minimum absolute atomic E-state index is 0.0333. The second-order valence-electron chi connectivity index (χ2n) is 5.28. The first-order valence-corrected chi connectivity index (χ1v) is 7.10. The Kier molecular flexibility index (Phi) is 3.63. The molecule has 1 N–H and O–H groups in total. The van der Waals surface area contributed by atoms with E-state index in [9.17, 15) is 4.79 Å². The lowest BCUT2D eigenvalue weighted by atomic mass is 10.1. The summed E-state index contributed by atoms with van der Waals surface area (Å²) in [6.45, 7) is 0.577. The van der Waals surface area contributed by atoms with Crippen molar-refractivity contribution in [3.05, 3.63) is 29.8 Å². The molecule has 0 saturated heterocycles. The van der Waals surface area contributed by atoms with Gasteiger partial charge in [-0.3, -0.25) is 4.79 Å². The van der Waals surface area contributed by atoms with E-state index in [1.54, 1.807) is 13.2 Å². The van der Waals surface area contributed by atoms with Crippen molar-refractivity contribution in [2.75, 3.05) is 13.7 Å². The molecule has 2 aliphatic rings. The van der Waals surface area contributed by atoms with Crippen LogP contribution in [0.1, 0.15) is 31.2 Å². The molecule has 0 aromatic heterocycles. The average Bonchev–Trinajstić information content (AvgIpc) is 3.10. The fraction of sp³-hybridized carbons (Fsp3) is 0.438. The fourth-order valence-corrected chi connectivity index (χ4v) is 2.78. The average molecular weight is 273 g/mol. The normalized spacial score (nSPS) is 18.9. The summed E-state index contributed by atoms with van der Waals surface area (Å²) >= 11 is 0. The van der Waals surface area contributed by atoms with Gasteiger partial charge in [-0.25, -0.2) is 0 Å². The van der Waals surface area contributed by atoms with Gasteiger partial charge >= 0.3 is 0 Å². The summed E-state index contributed by atoms with van der Waals surface area (Å²) in [6.07, 6.45) is 6.61. The summed E-state index contributed by atoms with van der Waals surface area (Å²) in [4.78, 5) is 11.3. The molecule has 0 radical (unpaired) electrons. The molecule has 3 rings (SSSR count). The minimum atomic E-state index is -0.0333. The standard InChI is InChI=1S/C16H19NO3/c1-19-14-7-6-11(12-9-16(18)17-10-12)8-15(14)20-13-4-2-3-5-13/h6-9,13H,2-5,10H2,1H3,(H,17,18). The Morgan fingerprint density at radius 1 is 1.20 bits per heavy atom. The van der Waals surface area contributed by atoms with E-state index in [1.165, 1.54) is 12.8 Å². The predicted molar refractivity (Wildman–Crippen MR) is 76.9 cm³/mol. The van der Waals surface area contributed by atoms with Crippen LogP contribution in [-0.2, 0) is 4.79 Å². The number of hydrogen-bond donors (Lipinski definition) is 1. The molecule has 1 aliphatic carbocycles. The van der Waals surface area contributed by atoms with Crippen molar-refractivity contribution in [1.29, 1.82) is 0 Å². The van der Waals surface area contributed by atoms with E-state index in [-0.39, 0.29) is 12.0 Å². The van der Waals surface area contributed by atoms with Gasteiger partial charge in [-0.15, -0.1) is 0 Å². The van der Waals surface area contributed by atoms with Gasteiger partial charge in [0.1, 0.15) is 0 Å². The largest absolute Gasteiger partial charge is 0.493 e. The molecule has 20 heavy (non-hydrogen) atoms. The van der Waals surface area contributed by atoms with Crippen molar-refractivity contribution in [2.45, 2.75) is 31.8 Å². The van der Waals surface area contributed by atoms with E-state index < -0.39 is 0 Å². The van der Waals surface area contributed by atoms with Gasteiger partial charge in [-0.1, -0.05) is 6.07 Å². The molecular formula is C16H19NO3. The SMILES string of the molecule is COc1ccc(C2=CC(=O)NC2)cc1OC1CCCC1. The number of methoxy groups -OCH3 is 1. The second-order valence-corrected chi connectivity index (χ2v) is 5.28. The lowest BCUT2D eigenvalue weighted by Crippen LogP contribution is -2.14. The highest BCUT2D eigenvalue weighted by Crippen LogP contribution is 2.34. The third kappa shape index (κ3) is 2.64. The van der Waals surface area contributed by atoms with Crippen molar-refractivity contribution in [3.63, 3.8) is 0 Å². The van der Waals surface area contributed by atoms with Crippen molar-refractivity contribution < 1.29 is 14.3 Å². The van der Waals surface area contributed by atoms with E-state index in [0.717, 1.165) is 35.5 Å². The number of amides is 1. The number of nitrogens with one attached hydrogen (secondary N) is 1. The van der Waals surface area contributed by atoms with Crippen LogP contribution in [0.3, 0.4) is 0 Å². The van der Waals surface area contributed by atoms with Crippen LogP contribution in [0.15, 0.2) is 24.3 Å². The molecule has 0 bridgehead atoms. The quantitative estimate of drug-likeness (QED) is 0.917. The summed E-state index contributed by atoms with van der Waals surface area (Å²) in [7, 11) is 1.65. The second kappa shape index (κ2) is 5.57. The van der Waals surface area contributed by atoms with Crippen molar-refractivity contribution in [2.24, 2.45) is 0 Å². The summed E-state index contributed by atoms with van der Waals surface area (Å²) in [5.41, 5.74) is 2.01. The monoisotopic (exact) mass is 273 g/mol. The maximum atomic E-state index is 11.3. The van der Waals surface area contributed by atoms with Gasteiger partial charge in [0.05, 0.1) is 13.2 Å². The number of rotatable bonds is 4. The predicted octanol–water partition coefficient (Wildman–Crippen LogP) is 2.53. The van der Waals surface area contributed by atoms with E-state index in [0.29, 0.717) is 6.54 Å². The van der Waals surface area contributed by atoms with E-state index in [4.69, 9.17) is 9.47 Å². The summed E-state index contributed by atoms with van der Waals surface area (Å²) in [6, 6.07) is 5.85. The van der Waals surface area contributed by atoms with Crippen LogP contribution in [-0.4, -0.2) is 25.7 Å². The number of ether oxygens (including phenoxy) is 2. The number of carbonyl (C=O) groups is 1. The zero-order chi connectivity index (χ0) is 13.9. The highest BCUT2D eigenvalue weighted by Gasteiger charge is 2.20. The third-order valence-corrected chi connectivity index (χ3v) is 3.89. The molecule has 1 aliphatic heterocycles. The molecule has 1 saturated carbocycles. The zero-order valence-corrected chi connectivity index (χ0v) is 11.6. The molecule has 4 nitrogen and oxygen atoms in total. The first kappa shape index (κ1) is 13.0.